The number of ether oxygens (including phenoxy) is 2. The number of anilines is 2. The Morgan fingerprint density at radius 3 is 2.50 bits per heavy atom. The Bertz CT molecular complexity index is 2280. The maximum atomic E-state index is 12.9. The maximum Gasteiger partial charge on any atom is 0.330 e. The third-order valence-corrected chi connectivity index (χ3v) is 11.7. The SMILES string of the molecule is CO[C@H]1[C@H](n2cnc3c(NC(=O)c4ccccc4)ncnc32)O[C@](C)(COP(O)O[C@@H]2[C@H](O)[C@@H](CO)S[C@H]2n2cnc3c(=O)[nH]c(NC(=O)C(C)C)nc32)[C@H]1O. The molecule has 0 bridgehead atoms. The molecule has 2 aliphatic rings. The highest BCUT2D eigenvalue weighted by Crippen LogP contribution is 2.50. The zero-order valence-corrected chi connectivity index (χ0v) is 32.0. The second-order valence-electron chi connectivity index (χ2n) is 13.5. The van der Waals surface area contributed by atoms with E-state index in [-0.39, 0.29) is 40.0 Å². The fraction of sp³-hybridized carbons (Fsp3) is 0.455. The predicted octanol–water partition coefficient (Wildman–Crippen LogP) is 1.06. The molecule has 7 N–H and O–H groups in total. The van der Waals surface area contributed by atoms with Crippen LogP contribution in [0.1, 0.15) is 42.7 Å². The number of fused-ring (bicyclic) bond motifs is 2. The lowest BCUT2D eigenvalue weighted by molar-refractivity contribution is -0.118. The zero-order chi connectivity index (χ0) is 39.9. The van der Waals surface area contributed by atoms with Crippen LogP contribution in [0.25, 0.3) is 22.3 Å². The van der Waals surface area contributed by atoms with Gasteiger partial charge in [0.15, 0.2) is 34.4 Å². The number of amides is 2. The van der Waals surface area contributed by atoms with Gasteiger partial charge in [0.2, 0.25) is 11.9 Å². The predicted molar refractivity (Wildman–Crippen MR) is 200 cm³/mol. The molecule has 6 heterocycles. The van der Waals surface area contributed by atoms with Crippen LogP contribution in [0, 0.1) is 5.92 Å². The minimum Gasteiger partial charge on any atom is -0.395 e. The number of carbonyl (C=O) groups excluding carboxylic acids is 2. The van der Waals surface area contributed by atoms with Crippen LogP contribution in [-0.4, -0.2) is 127 Å². The van der Waals surface area contributed by atoms with Gasteiger partial charge in [-0.25, -0.2) is 19.9 Å². The van der Waals surface area contributed by atoms with Gasteiger partial charge in [-0.05, 0) is 19.1 Å². The van der Waals surface area contributed by atoms with Crippen molar-refractivity contribution in [3.05, 3.63) is 65.2 Å². The molecule has 5 aromatic rings. The summed E-state index contributed by atoms with van der Waals surface area (Å²) < 4.78 is 26.5. The van der Waals surface area contributed by atoms with Crippen molar-refractivity contribution in [2.75, 3.05) is 31.0 Å². The molecule has 9 atom stereocenters. The number of hydrogen-bond donors (Lipinski definition) is 7. The summed E-state index contributed by atoms with van der Waals surface area (Å²) in [6, 6.07) is 8.57. The summed E-state index contributed by atoms with van der Waals surface area (Å²) in [5, 5.41) is 36.3. The number of imidazole rings is 2. The number of aliphatic hydroxyl groups excluding tert-OH is 3. The number of carbonyl (C=O) groups is 2. The maximum absolute atomic E-state index is 12.9. The molecule has 21 nitrogen and oxygen atoms in total. The summed E-state index contributed by atoms with van der Waals surface area (Å²) in [5.74, 6) is -1.13. The molecule has 1 aromatic carbocycles. The lowest BCUT2D eigenvalue weighted by atomic mass is 9.98. The van der Waals surface area contributed by atoms with E-state index < -0.39 is 86.1 Å². The smallest absolute Gasteiger partial charge is 0.330 e. The Kier molecular flexibility index (Phi) is 11.5. The molecule has 0 aliphatic carbocycles. The van der Waals surface area contributed by atoms with Crippen LogP contribution in [0.15, 0.2) is 54.1 Å². The van der Waals surface area contributed by atoms with Crippen molar-refractivity contribution in [2.24, 2.45) is 5.92 Å². The fourth-order valence-corrected chi connectivity index (χ4v) is 8.73. The summed E-state index contributed by atoms with van der Waals surface area (Å²) in [4.78, 5) is 73.0. The first-order chi connectivity index (χ1) is 26.8. The fourth-order valence-electron chi connectivity index (χ4n) is 6.35. The molecule has 2 fully saturated rings. The van der Waals surface area contributed by atoms with E-state index in [1.54, 1.807) is 51.1 Å². The molecule has 1 unspecified atom stereocenters. The first-order valence-corrected chi connectivity index (χ1v) is 19.3. The number of thioether (sulfide) groups is 1. The summed E-state index contributed by atoms with van der Waals surface area (Å²) in [6.45, 7) is 4.04. The number of H-pyrrole nitrogens is 1. The Balaban J connectivity index is 1.07. The van der Waals surface area contributed by atoms with Crippen molar-refractivity contribution in [1.82, 2.24) is 39.0 Å². The standard InChI is InChI=1S/C33H39N10O11PS/c1-15(2)27(47)40-32-39-26-19(29(49)41-32)37-14-43(26)31-21(20(45)17(10-44)56-31)54-55(50)52-11-33(3)23(46)22(51-4)30(53-33)42-13-36-18-24(34-12-35-25(18)42)38-28(48)16-8-6-5-7-9-16/h5-9,12-15,17,20-23,30-31,44-46,50H,10-11H2,1-4H3,(H,34,35,38,48)(H2,39,40,41,47,49)/t17-,20-,21-,22-,23+,30-,31-,33-,55?/m1/s1. The first-order valence-electron chi connectivity index (χ1n) is 17.3. The average Bonchev–Trinajstić information content (AvgIpc) is 3.94. The lowest BCUT2D eigenvalue weighted by Gasteiger charge is -2.29. The average molecular weight is 815 g/mol. The molecule has 0 radical (unpaired) electrons. The number of rotatable bonds is 13. The van der Waals surface area contributed by atoms with Gasteiger partial charge in [0, 0.05) is 18.6 Å². The van der Waals surface area contributed by atoms with E-state index >= 15 is 0 Å². The number of aromatic amines is 1. The topological polar surface area (TPSA) is 283 Å². The Hall–Kier alpha value is -4.48. The normalized spacial score (nSPS) is 27.0. The van der Waals surface area contributed by atoms with E-state index in [1.165, 1.54) is 35.2 Å². The van der Waals surface area contributed by atoms with Crippen molar-refractivity contribution in [2.45, 2.75) is 67.6 Å². The monoisotopic (exact) mass is 814 g/mol. The van der Waals surface area contributed by atoms with Gasteiger partial charge in [-0.15, -0.1) is 11.8 Å². The molecule has 0 spiro atoms. The molecule has 0 saturated carbocycles. The van der Waals surface area contributed by atoms with E-state index in [0.29, 0.717) is 5.56 Å². The molecule has 4 aromatic heterocycles. The van der Waals surface area contributed by atoms with Crippen LogP contribution >= 0.6 is 20.4 Å². The Labute approximate surface area is 322 Å². The van der Waals surface area contributed by atoms with Crippen molar-refractivity contribution < 1.29 is 48.3 Å². The van der Waals surface area contributed by atoms with Gasteiger partial charge in [0.25, 0.3) is 11.5 Å². The summed E-state index contributed by atoms with van der Waals surface area (Å²) >= 11 is 1.10. The molecule has 2 saturated heterocycles. The minimum absolute atomic E-state index is 0.0517. The molecule has 23 heteroatoms. The third-order valence-electron chi connectivity index (χ3n) is 9.42. The Morgan fingerprint density at radius 1 is 1.05 bits per heavy atom. The van der Waals surface area contributed by atoms with Crippen molar-refractivity contribution >= 4 is 66.3 Å². The van der Waals surface area contributed by atoms with E-state index in [9.17, 15) is 34.6 Å². The molecule has 2 aliphatic heterocycles. The molecule has 298 valence electrons. The largest absolute Gasteiger partial charge is 0.395 e. The lowest BCUT2D eigenvalue weighted by Crippen LogP contribution is -2.44. The van der Waals surface area contributed by atoms with Gasteiger partial charge in [-0.3, -0.25) is 33.8 Å². The molecular formula is C33H39N10O11PS. The van der Waals surface area contributed by atoms with Crippen molar-refractivity contribution in [3.8, 4) is 0 Å². The summed E-state index contributed by atoms with van der Waals surface area (Å²) in [7, 11) is -1.38. The Morgan fingerprint density at radius 2 is 1.79 bits per heavy atom. The molecular weight excluding hydrogens is 775 g/mol. The van der Waals surface area contributed by atoms with Crippen LogP contribution < -0.4 is 16.2 Å². The first kappa shape index (κ1) is 39.7. The van der Waals surface area contributed by atoms with Crippen LogP contribution in [0.4, 0.5) is 11.8 Å². The van der Waals surface area contributed by atoms with Crippen LogP contribution in [-0.2, 0) is 23.3 Å². The number of aliphatic hydroxyl groups is 3. The second-order valence-corrected chi connectivity index (χ2v) is 15.8. The van der Waals surface area contributed by atoms with Gasteiger partial charge in [-0.2, -0.15) is 4.98 Å². The van der Waals surface area contributed by atoms with Crippen LogP contribution in [0.2, 0.25) is 0 Å². The second kappa shape index (κ2) is 16.2. The highest BCUT2D eigenvalue weighted by atomic mass is 32.2. The van der Waals surface area contributed by atoms with Gasteiger partial charge in [0.1, 0.15) is 35.6 Å². The summed E-state index contributed by atoms with van der Waals surface area (Å²) in [5.41, 5.74) is -1.16. The van der Waals surface area contributed by atoms with Gasteiger partial charge < -0.3 is 44.1 Å². The van der Waals surface area contributed by atoms with Gasteiger partial charge in [0.05, 0.1) is 37.2 Å². The molecule has 56 heavy (non-hydrogen) atoms. The van der Waals surface area contributed by atoms with Gasteiger partial charge in [-0.1, -0.05) is 32.0 Å². The van der Waals surface area contributed by atoms with E-state index in [2.05, 4.69) is 40.5 Å². The quantitative estimate of drug-likeness (QED) is 0.0818. The number of aromatic nitrogens is 8. The van der Waals surface area contributed by atoms with Crippen LogP contribution in [0.5, 0.6) is 0 Å². The van der Waals surface area contributed by atoms with Gasteiger partial charge >= 0.3 is 8.60 Å². The number of benzene rings is 1. The third kappa shape index (κ3) is 7.52. The number of nitrogens with one attached hydrogen (secondary N) is 3. The molecule has 7 rings (SSSR count). The highest BCUT2D eigenvalue weighted by molar-refractivity contribution is 8.00. The van der Waals surface area contributed by atoms with Crippen molar-refractivity contribution in [1.29, 1.82) is 0 Å². The number of methoxy groups -OCH3 is 1. The number of nitrogens with zero attached hydrogens (tertiary/aromatic N) is 7. The van der Waals surface area contributed by atoms with E-state index in [0.717, 1.165) is 11.8 Å². The van der Waals surface area contributed by atoms with E-state index in [1.807, 2.05) is 0 Å². The van der Waals surface area contributed by atoms with Crippen molar-refractivity contribution in [3.63, 3.8) is 0 Å². The highest BCUT2D eigenvalue weighted by Gasteiger charge is 2.54. The zero-order valence-electron chi connectivity index (χ0n) is 30.3. The van der Waals surface area contributed by atoms with Crippen LogP contribution in [0.3, 0.4) is 0 Å². The van der Waals surface area contributed by atoms with E-state index in [4.69, 9.17) is 18.5 Å². The minimum atomic E-state index is -2.77. The summed E-state index contributed by atoms with van der Waals surface area (Å²) in [6.07, 6.45) is -1.86. The number of hydrogen-bond acceptors (Lipinski definition) is 17. The molecule has 2 amide bonds.